The molecular weight excluding hydrogens is 320 g/mol. The summed E-state index contributed by atoms with van der Waals surface area (Å²) in [5, 5.41) is 10.1. The lowest BCUT2D eigenvalue weighted by Gasteiger charge is -2.56. The Balaban J connectivity index is 1.43. The van der Waals surface area contributed by atoms with Crippen LogP contribution in [-0.2, 0) is 4.79 Å². The molecule has 0 N–H and O–H groups in total. The van der Waals surface area contributed by atoms with Gasteiger partial charge in [0, 0.05) is 17.0 Å². The van der Waals surface area contributed by atoms with Crippen LogP contribution in [0.3, 0.4) is 0 Å². The van der Waals surface area contributed by atoms with Crippen molar-refractivity contribution in [3.05, 3.63) is 29.8 Å². The number of carbonyl (C=O) groups excluding carboxylic acids is 1. The second kappa shape index (κ2) is 4.66. The SMILES string of the molecule is CC1=Nc2ccccc2[C@@H]2[C@H](C(=O)C34CC5CC(CC(C5)C3)C4)[C@]12C#N. The molecule has 0 unspecified atom stereocenters. The molecular formula is C23H24N2O. The van der Waals surface area contributed by atoms with Gasteiger partial charge in [-0.15, -0.1) is 0 Å². The zero-order chi connectivity index (χ0) is 17.7. The summed E-state index contributed by atoms with van der Waals surface area (Å²) < 4.78 is 0. The molecule has 7 rings (SSSR count). The van der Waals surface area contributed by atoms with Gasteiger partial charge in [-0.2, -0.15) is 5.26 Å². The molecule has 4 bridgehead atoms. The molecule has 6 aliphatic rings. The normalized spacial score (nSPS) is 46.8. The third-order valence-electron chi connectivity index (χ3n) is 8.39. The lowest BCUT2D eigenvalue weighted by Crippen LogP contribution is -2.51. The van der Waals surface area contributed by atoms with Gasteiger partial charge in [0.05, 0.1) is 17.7 Å². The number of benzene rings is 1. The lowest BCUT2D eigenvalue weighted by molar-refractivity contribution is -0.145. The minimum Gasteiger partial charge on any atom is -0.299 e. The number of rotatable bonds is 2. The minimum atomic E-state index is -0.672. The van der Waals surface area contributed by atoms with E-state index in [-0.39, 0.29) is 17.3 Å². The minimum absolute atomic E-state index is 0.0294. The van der Waals surface area contributed by atoms with Crippen molar-refractivity contribution in [3.63, 3.8) is 0 Å². The van der Waals surface area contributed by atoms with Crippen molar-refractivity contribution in [3.8, 4) is 6.07 Å². The van der Waals surface area contributed by atoms with Crippen LogP contribution in [0.15, 0.2) is 29.3 Å². The largest absolute Gasteiger partial charge is 0.299 e. The van der Waals surface area contributed by atoms with E-state index in [4.69, 9.17) is 4.99 Å². The van der Waals surface area contributed by atoms with Crippen LogP contribution in [0.4, 0.5) is 5.69 Å². The first-order chi connectivity index (χ1) is 12.6. The van der Waals surface area contributed by atoms with Crippen LogP contribution < -0.4 is 0 Å². The van der Waals surface area contributed by atoms with Crippen LogP contribution in [0.1, 0.15) is 56.9 Å². The zero-order valence-electron chi connectivity index (χ0n) is 15.2. The number of fused-ring (bicyclic) bond motifs is 3. The molecule has 5 saturated carbocycles. The van der Waals surface area contributed by atoms with Gasteiger partial charge in [0.1, 0.15) is 11.2 Å². The zero-order valence-corrected chi connectivity index (χ0v) is 15.2. The van der Waals surface area contributed by atoms with Gasteiger partial charge in [-0.3, -0.25) is 9.79 Å². The summed E-state index contributed by atoms with van der Waals surface area (Å²) in [5.41, 5.74) is 2.13. The number of nitriles is 1. The predicted octanol–water partition coefficient (Wildman–Crippen LogP) is 4.80. The van der Waals surface area contributed by atoms with Crippen molar-refractivity contribution in [1.29, 1.82) is 5.26 Å². The van der Waals surface area contributed by atoms with E-state index >= 15 is 0 Å². The Hall–Kier alpha value is -1.95. The summed E-state index contributed by atoms with van der Waals surface area (Å²) in [5.74, 6) is 2.54. The number of para-hydroxylation sites is 1. The van der Waals surface area contributed by atoms with Gasteiger partial charge in [0.2, 0.25) is 0 Å². The van der Waals surface area contributed by atoms with Crippen LogP contribution in [0.5, 0.6) is 0 Å². The summed E-state index contributed by atoms with van der Waals surface area (Å²) in [4.78, 5) is 18.7. The molecule has 1 aliphatic heterocycles. The molecule has 5 fully saturated rings. The van der Waals surface area contributed by atoms with Crippen LogP contribution >= 0.6 is 0 Å². The average molecular weight is 344 g/mol. The highest BCUT2D eigenvalue weighted by molar-refractivity contribution is 6.08. The monoisotopic (exact) mass is 344 g/mol. The number of Topliss-reactive ketones (excluding diaryl/α,β-unsaturated/α-hetero) is 1. The fourth-order valence-electron chi connectivity index (χ4n) is 7.71. The number of carbonyl (C=O) groups is 1. The van der Waals surface area contributed by atoms with Crippen LogP contribution in [0.2, 0.25) is 0 Å². The van der Waals surface area contributed by atoms with Gasteiger partial charge in [-0.1, -0.05) is 18.2 Å². The number of hydrogen-bond acceptors (Lipinski definition) is 3. The quantitative estimate of drug-likeness (QED) is 0.773. The van der Waals surface area contributed by atoms with Crippen LogP contribution in [0, 0.1) is 45.8 Å². The summed E-state index contributed by atoms with van der Waals surface area (Å²) in [6, 6.07) is 10.7. The first-order valence-corrected chi connectivity index (χ1v) is 10.2. The molecule has 132 valence electrons. The number of aliphatic imine (C=N–C) groups is 1. The van der Waals surface area contributed by atoms with E-state index in [1.807, 2.05) is 25.1 Å². The topological polar surface area (TPSA) is 53.2 Å². The average Bonchev–Trinajstić information content (AvgIpc) is 3.31. The summed E-state index contributed by atoms with van der Waals surface area (Å²) >= 11 is 0. The molecule has 3 atom stereocenters. The van der Waals surface area contributed by atoms with E-state index in [9.17, 15) is 10.1 Å². The Morgan fingerprint density at radius 3 is 2.35 bits per heavy atom. The molecule has 0 amide bonds. The van der Waals surface area contributed by atoms with Crippen molar-refractivity contribution >= 4 is 17.2 Å². The van der Waals surface area contributed by atoms with E-state index in [0.29, 0.717) is 5.78 Å². The maximum atomic E-state index is 13.9. The fraction of sp³-hybridized carbons (Fsp3) is 0.609. The van der Waals surface area contributed by atoms with Gasteiger partial charge in [-0.25, -0.2) is 0 Å². The molecule has 0 radical (unpaired) electrons. The van der Waals surface area contributed by atoms with Crippen LogP contribution in [-0.4, -0.2) is 11.5 Å². The van der Waals surface area contributed by atoms with Crippen molar-refractivity contribution in [1.82, 2.24) is 0 Å². The molecule has 0 aromatic heterocycles. The highest BCUT2D eigenvalue weighted by atomic mass is 16.1. The van der Waals surface area contributed by atoms with E-state index in [1.54, 1.807) is 0 Å². The first-order valence-electron chi connectivity index (χ1n) is 10.2. The summed E-state index contributed by atoms with van der Waals surface area (Å²) in [6.07, 6.45) is 7.27. The van der Waals surface area contributed by atoms with Gasteiger partial charge < -0.3 is 0 Å². The Morgan fingerprint density at radius 2 is 1.73 bits per heavy atom. The molecule has 0 spiro atoms. The highest BCUT2D eigenvalue weighted by Gasteiger charge is 2.75. The molecule has 3 heteroatoms. The van der Waals surface area contributed by atoms with Crippen molar-refractivity contribution in [2.24, 2.45) is 39.5 Å². The van der Waals surface area contributed by atoms with E-state index in [0.717, 1.165) is 54.0 Å². The van der Waals surface area contributed by atoms with Crippen LogP contribution in [0.25, 0.3) is 0 Å². The Morgan fingerprint density at radius 1 is 1.12 bits per heavy atom. The van der Waals surface area contributed by atoms with E-state index in [2.05, 4.69) is 12.1 Å². The summed E-state index contributed by atoms with van der Waals surface area (Å²) in [7, 11) is 0. The molecule has 1 aromatic rings. The molecule has 1 aromatic carbocycles. The number of nitrogens with zero attached hydrogens (tertiary/aromatic N) is 2. The first kappa shape index (κ1) is 15.1. The van der Waals surface area contributed by atoms with Gasteiger partial charge in [0.15, 0.2) is 0 Å². The standard InChI is InChI=1S/C23H24N2O/c1-13-23(12-24)19(17-4-2-3-5-18(17)25-13)20(23)21(26)22-9-14-6-15(10-22)8-16(7-14)11-22/h2-5,14-16,19-20H,6-11H2,1H3/t14?,15?,16?,19-,20-,22?,23-/m1/s1. The van der Waals surface area contributed by atoms with E-state index in [1.165, 1.54) is 19.3 Å². The molecule has 5 aliphatic carbocycles. The molecule has 26 heavy (non-hydrogen) atoms. The molecule has 1 heterocycles. The predicted molar refractivity (Wildman–Crippen MR) is 99.1 cm³/mol. The maximum absolute atomic E-state index is 13.9. The van der Waals surface area contributed by atoms with Gasteiger partial charge >= 0.3 is 0 Å². The van der Waals surface area contributed by atoms with Gasteiger partial charge in [0.25, 0.3) is 0 Å². The number of ketones is 1. The third kappa shape index (κ3) is 1.65. The lowest BCUT2D eigenvalue weighted by atomic mass is 9.48. The summed E-state index contributed by atoms with van der Waals surface area (Å²) in [6.45, 7) is 1.96. The Bertz CT molecular complexity index is 872. The van der Waals surface area contributed by atoms with Crippen molar-refractivity contribution < 1.29 is 4.79 Å². The second-order valence-corrected chi connectivity index (χ2v) is 9.75. The van der Waals surface area contributed by atoms with Crippen molar-refractivity contribution in [2.45, 2.75) is 51.4 Å². The molecule has 3 nitrogen and oxygen atoms in total. The molecule has 0 saturated heterocycles. The van der Waals surface area contributed by atoms with Gasteiger partial charge in [-0.05, 0) is 74.8 Å². The van der Waals surface area contributed by atoms with E-state index < -0.39 is 5.41 Å². The van der Waals surface area contributed by atoms with Crippen molar-refractivity contribution in [2.75, 3.05) is 0 Å². The Kier molecular flexibility index (Phi) is 2.71. The second-order valence-electron chi connectivity index (χ2n) is 9.75. The maximum Gasteiger partial charge on any atom is 0.144 e. The smallest absolute Gasteiger partial charge is 0.144 e. The third-order valence-corrected chi connectivity index (χ3v) is 8.39. The Labute approximate surface area is 154 Å². The fourth-order valence-corrected chi connectivity index (χ4v) is 7.71. The number of hydrogen-bond donors (Lipinski definition) is 0. The highest BCUT2D eigenvalue weighted by Crippen LogP contribution is 2.72.